The summed E-state index contributed by atoms with van der Waals surface area (Å²) in [7, 11) is 0. The van der Waals surface area contributed by atoms with E-state index in [0.717, 1.165) is 4.90 Å². The molecule has 1 heterocycles. The van der Waals surface area contributed by atoms with Gasteiger partial charge in [0, 0.05) is 15.2 Å². The van der Waals surface area contributed by atoms with Crippen LogP contribution in [0.2, 0.25) is 5.02 Å². The maximum atomic E-state index is 12.2. The van der Waals surface area contributed by atoms with E-state index in [1.165, 1.54) is 6.26 Å². The van der Waals surface area contributed by atoms with Crippen molar-refractivity contribution >= 4 is 47.4 Å². The molecule has 3 N–H and O–H groups in total. The van der Waals surface area contributed by atoms with E-state index < -0.39 is 0 Å². The Kier molecular flexibility index (Phi) is 7.29. The minimum atomic E-state index is -0.244. The zero-order chi connectivity index (χ0) is 15.4. The summed E-state index contributed by atoms with van der Waals surface area (Å²) in [5.41, 5.74) is 6.61. The van der Waals surface area contributed by atoms with Crippen LogP contribution in [0, 0.1) is 0 Å². The third kappa shape index (κ3) is 4.95. The molecular weight excluding hydrogens is 343 g/mol. The van der Waals surface area contributed by atoms with E-state index in [1.54, 1.807) is 23.9 Å². The fourth-order valence-electron chi connectivity index (χ4n) is 1.76. The number of hydrogen-bond acceptors (Lipinski definition) is 4. The summed E-state index contributed by atoms with van der Waals surface area (Å²) in [6.45, 7) is 4.45. The average Bonchev–Trinajstić information content (AvgIpc) is 2.90. The molecule has 2 aromatic rings. The van der Waals surface area contributed by atoms with E-state index in [4.69, 9.17) is 21.8 Å². The summed E-state index contributed by atoms with van der Waals surface area (Å²) >= 11 is 7.68. The molecule has 7 heteroatoms. The molecule has 0 spiro atoms. The quantitative estimate of drug-likeness (QED) is 0.766. The largest absolute Gasteiger partial charge is 0.467 e. The molecule has 22 heavy (non-hydrogen) atoms. The molecular formula is C15H18Cl2N2O2S. The van der Waals surface area contributed by atoms with Gasteiger partial charge in [-0.1, -0.05) is 25.4 Å². The molecule has 0 fully saturated rings. The topological polar surface area (TPSA) is 68.3 Å². The van der Waals surface area contributed by atoms with Crippen molar-refractivity contribution in [2.45, 2.75) is 30.5 Å². The molecule has 0 atom stereocenters. The highest BCUT2D eigenvalue weighted by molar-refractivity contribution is 8.00. The molecule has 1 amide bonds. The number of rotatable bonds is 5. The Hall–Kier alpha value is -1.14. The van der Waals surface area contributed by atoms with Crippen molar-refractivity contribution in [3.05, 3.63) is 46.9 Å². The average molecular weight is 361 g/mol. The van der Waals surface area contributed by atoms with Crippen LogP contribution in [0.4, 0.5) is 5.69 Å². The minimum absolute atomic E-state index is 0. The van der Waals surface area contributed by atoms with Gasteiger partial charge < -0.3 is 15.5 Å². The van der Waals surface area contributed by atoms with Crippen LogP contribution in [-0.4, -0.2) is 11.2 Å². The van der Waals surface area contributed by atoms with Gasteiger partial charge in [0.25, 0.3) is 5.91 Å². The predicted octanol–water partition coefficient (Wildman–Crippen LogP) is 4.57. The maximum absolute atomic E-state index is 12.2. The second-order valence-electron chi connectivity index (χ2n) is 4.77. The first-order chi connectivity index (χ1) is 9.99. The van der Waals surface area contributed by atoms with E-state index in [2.05, 4.69) is 19.2 Å². The Morgan fingerprint density at radius 1 is 1.41 bits per heavy atom. The molecule has 2 rings (SSSR count). The van der Waals surface area contributed by atoms with Crippen LogP contribution in [0.15, 0.2) is 39.8 Å². The number of carbonyl (C=O) groups is 1. The van der Waals surface area contributed by atoms with Gasteiger partial charge in [0.1, 0.15) is 12.0 Å². The van der Waals surface area contributed by atoms with E-state index in [1.807, 2.05) is 12.1 Å². The van der Waals surface area contributed by atoms with Gasteiger partial charge in [-0.2, -0.15) is 0 Å². The molecule has 1 aromatic carbocycles. The molecule has 0 aliphatic carbocycles. The molecule has 120 valence electrons. The number of nitrogens with two attached hydrogens (primary N) is 1. The van der Waals surface area contributed by atoms with Crippen LogP contribution in [0.5, 0.6) is 0 Å². The molecule has 0 bridgehead atoms. The molecule has 0 aliphatic rings. The van der Waals surface area contributed by atoms with Crippen LogP contribution in [0.1, 0.15) is 30.0 Å². The van der Waals surface area contributed by atoms with E-state index in [9.17, 15) is 4.79 Å². The lowest BCUT2D eigenvalue weighted by molar-refractivity contribution is 0.102. The molecule has 0 radical (unpaired) electrons. The lowest BCUT2D eigenvalue weighted by Crippen LogP contribution is -2.12. The number of furan rings is 1. The van der Waals surface area contributed by atoms with Crippen molar-refractivity contribution in [1.82, 2.24) is 0 Å². The number of halogens is 2. The van der Waals surface area contributed by atoms with E-state index >= 15 is 0 Å². The minimum Gasteiger partial charge on any atom is -0.467 e. The van der Waals surface area contributed by atoms with Crippen molar-refractivity contribution in [1.29, 1.82) is 0 Å². The number of benzene rings is 1. The summed E-state index contributed by atoms with van der Waals surface area (Å²) in [6.07, 6.45) is 1.40. The molecule has 1 aromatic heterocycles. The Morgan fingerprint density at radius 2 is 2.14 bits per heavy atom. The van der Waals surface area contributed by atoms with E-state index in [0.29, 0.717) is 27.3 Å². The lowest BCUT2D eigenvalue weighted by Gasteiger charge is -2.12. The smallest absolute Gasteiger partial charge is 0.258 e. The van der Waals surface area contributed by atoms with Gasteiger partial charge in [-0.3, -0.25) is 4.79 Å². The lowest BCUT2D eigenvalue weighted by atomic mass is 10.2. The number of amides is 1. The first kappa shape index (κ1) is 18.9. The molecule has 0 aliphatic heterocycles. The van der Waals surface area contributed by atoms with Crippen molar-refractivity contribution < 1.29 is 9.21 Å². The van der Waals surface area contributed by atoms with Crippen LogP contribution in [-0.2, 0) is 6.54 Å². The highest BCUT2D eigenvalue weighted by Crippen LogP contribution is 2.32. The number of anilines is 1. The van der Waals surface area contributed by atoms with E-state index in [-0.39, 0.29) is 24.9 Å². The summed E-state index contributed by atoms with van der Waals surface area (Å²) < 4.78 is 5.17. The summed E-state index contributed by atoms with van der Waals surface area (Å²) in [4.78, 5) is 13.2. The highest BCUT2D eigenvalue weighted by Gasteiger charge is 2.13. The fraction of sp³-hybridized carbons (Fsp3) is 0.267. The van der Waals surface area contributed by atoms with Gasteiger partial charge in [0.15, 0.2) is 0 Å². The number of hydrogen-bond donors (Lipinski definition) is 2. The van der Waals surface area contributed by atoms with Crippen molar-refractivity contribution in [3.63, 3.8) is 0 Å². The van der Waals surface area contributed by atoms with Gasteiger partial charge in [0.05, 0.1) is 17.8 Å². The third-order valence-electron chi connectivity index (χ3n) is 2.67. The van der Waals surface area contributed by atoms with Crippen LogP contribution >= 0.6 is 35.8 Å². The Labute approximate surface area is 145 Å². The zero-order valence-corrected chi connectivity index (χ0v) is 14.6. The molecule has 0 saturated carbocycles. The monoisotopic (exact) mass is 360 g/mol. The molecule has 0 saturated heterocycles. The third-order valence-corrected chi connectivity index (χ3v) is 3.99. The van der Waals surface area contributed by atoms with Gasteiger partial charge in [-0.05, 0) is 24.3 Å². The summed E-state index contributed by atoms with van der Waals surface area (Å²) in [5, 5.41) is 3.84. The highest BCUT2D eigenvalue weighted by atomic mass is 35.5. The second kappa shape index (κ2) is 8.48. The van der Waals surface area contributed by atoms with Crippen LogP contribution < -0.4 is 11.1 Å². The first-order valence-corrected chi connectivity index (χ1v) is 7.80. The van der Waals surface area contributed by atoms with Crippen molar-refractivity contribution in [3.8, 4) is 0 Å². The summed E-state index contributed by atoms with van der Waals surface area (Å²) in [6, 6.07) is 7.10. The second-order valence-corrected chi connectivity index (χ2v) is 6.82. The number of thioether (sulfide) groups is 1. The zero-order valence-electron chi connectivity index (χ0n) is 12.3. The fourth-order valence-corrected chi connectivity index (χ4v) is 2.82. The molecule has 4 nitrogen and oxygen atoms in total. The van der Waals surface area contributed by atoms with Gasteiger partial charge >= 0.3 is 0 Å². The number of carbonyl (C=O) groups excluding carboxylic acids is 1. The van der Waals surface area contributed by atoms with Crippen molar-refractivity contribution in [2.24, 2.45) is 5.73 Å². The normalized spacial score (nSPS) is 10.4. The number of nitrogens with one attached hydrogen (secondary N) is 1. The Morgan fingerprint density at radius 3 is 2.73 bits per heavy atom. The predicted molar refractivity (Wildman–Crippen MR) is 94.2 cm³/mol. The first-order valence-electron chi connectivity index (χ1n) is 6.54. The Balaban J connectivity index is 0.00000242. The van der Waals surface area contributed by atoms with Gasteiger partial charge in [-0.15, -0.1) is 24.2 Å². The van der Waals surface area contributed by atoms with Crippen molar-refractivity contribution in [2.75, 3.05) is 5.32 Å². The summed E-state index contributed by atoms with van der Waals surface area (Å²) in [5.74, 6) is 0.328. The van der Waals surface area contributed by atoms with Gasteiger partial charge in [0.2, 0.25) is 0 Å². The molecule has 0 unspecified atom stereocenters. The van der Waals surface area contributed by atoms with Crippen LogP contribution in [0.3, 0.4) is 0 Å². The SMILES string of the molecule is CC(C)Sc1ccc(Cl)cc1NC(=O)c1coc(CN)c1.Cl. The Bertz CT molecular complexity index is 644. The van der Waals surface area contributed by atoms with Crippen LogP contribution in [0.25, 0.3) is 0 Å². The maximum Gasteiger partial charge on any atom is 0.258 e. The van der Waals surface area contributed by atoms with Gasteiger partial charge in [-0.25, -0.2) is 0 Å². The standard InChI is InChI=1S/C15H17ClN2O2S.ClH/c1-9(2)21-14-4-3-11(16)6-13(14)18-15(19)10-5-12(7-17)20-8-10;/h3-6,8-9H,7,17H2,1-2H3,(H,18,19);1H.